The number of fused-ring (bicyclic) bond motifs is 1. The molecule has 0 amide bonds. The van der Waals surface area contributed by atoms with Crippen molar-refractivity contribution in [2.24, 2.45) is 11.8 Å². The predicted molar refractivity (Wildman–Crippen MR) is 104 cm³/mol. The second-order valence-corrected chi connectivity index (χ2v) is 7.40. The van der Waals surface area contributed by atoms with Crippen LogP contribution < -0.4 is 4.74 Å². The van der Waals surface area contributed by atoms with Gasteiger partial charge in [0, 0.05) is 23.2 Å². The highest BCUT2D eigenvalue weighted by Crippen LogP contribution is 2.29. The standard InChI is InChI=1S/C22H25FN2O/c1-14(2)9-15(3)13-26-22-12-25-20(10-16(22)4)19-7-8-24-21-11-17(23)5-6-18(19)21/h5-8,10-12,14-15H,9,13H2,1-4H3/t15-/m0/s1. The summed E-state index contributed by atoms with van der Waals surface area (Å²) in [7, 11) is 0. The number of nitrogens with zero attached hydrogens (tertiary/aromatic N) is 2. The van der Waals surface area contributed by atoms with Crippen molar-refractivity contribution in [2.75, 3.05) is 6.61 Å². The smallest absolute Gasteiger partial charge is 0.140 e. The summed E-state index contributed by atoms with van der Waals surface area (Å²) in [6.07, 6.45) is 4.61. The second kappa shape index (κ2) is 7.81. The van der Waals surface area contributed by atoms with E-state index in [4.69, 9.17) is 4.74 Å². The van der Waals surface area contributed by atoms with E-state index in [2.05, 4.69) is 30.7 Å². The van der Waals surface area contributed by atoms with Crippen molar-refractivity contribution in [3.05, 3.63) is 54.1 Å². The van der Waals surface area contributed by atoms with E-state index < -0.39 is 0 Å². The zero-order chi connectivity index (χ0) is 18.7. The van der Waals surface area contributed by atoms with E-state index in [0.29, 0.717) is 24.0 Å². The molecule has 0 saturated carbocycles. The maximum absolute atomic E-state index is 13.4. The van der Waals surface area contributed by atoms with Gasteiger partial charge in [0.1, 0.15) is 11.6 Å². The molecule has 2 aromatic heterocycles. The monoisotopic (exact) mass is 352 g/mol. The zero-order valence-electron chi connectivity index (χ0n) is 15.8. The fourth-order valence-electron chi connectivity index (χ4n) is 3.29. The Hall–Kier alpha value is -2.49. The van der Waals surface area contributed by atoms with Crippen LogP contribution in [0.15, 0.2) is 42.7 Å². The summed E-state index contributed by atoms with van der Waals surface area (Å²) >= 11 is 0. The highest BCUT2D eigenvalue weighted by Gasteiger charge is 2.11. The van der Waals surface area contributed by atoms with Crippen molar-refractivity contribution in [1.82, 2.24) is 9.97 Å². The summed E-state index contributed by atoms with van der Waals surface area (Å²) in [4.78, 5) is 8.82. The molecule has 0 aliphatic carbocycles. The van der Waals surface area contributed by atoms with Crippen molar-refractivity contribution < 1.29 is 9.13 Å². The lowest BCUT2D eigenvalue weighted by Crippen LogP contribution is -2.11. The highest BCUT2D eigenvalue weighted by atomic mass is 19.1. The van der Waals surface area contributed by atoms with Gasteiger partial charge >= 0.3 is 0 Å². The Kier molecular flexibility index (Phi) is 5.50. The molecule has 0 fully saturated rings. The van der Waals surface area contributed by atoms with Gasteiger partial charge < -0.3 is 4.74 Å². The molecule has 3 nitrogen and oxygen atoms in total. The van der Waals surface area contributed by atoms with Gasteiger partial charge in [0.15, 0.2) is 0 Å². The molecule has 0 saturated heterocycles. The minimum atomic E-state index is -0.287. The maximum Gasteiger partial charge on any atom is 0.140 e. The van der Waals surface area contributed by atoms with Gasteiger partial charge in [-0.2, -0.15) is 0 Å². The Balaban J connectivity index is 1.84. The normalized spacial score (nSPS) is 12.5. The van der Waals surface area contributed by atoms with Gasteiger partial charge in [0.25, 0.3) is 0 Å². The molecule has 0 bridgehead atoms. The van der Waals surface area contributed by atoms with E-state index in [-0.39, 0.29) is 5.82 Å². The second-order valence-electron chi connectivity index (χ2n) is 7.40. The van der Waals surface area contributed by atoms with E-state index in [1.54, 1.807) is 18.5 Å². The number of hydrogen-bond donors (Lipinski definition) is 0. The minimum absolute atomic E-state index is 0.287. The molecule has 2 heterocycles. The van der Waals surface area contributed by atoms with Crippen LogP contribution in [0, 0.1) is 24.6 Å². The largest absolute Gasteiger partial charge is 0.491 e. The first-order valence-electron chi connectivity index (χ1n) is 9.08. The highest BCUT2D eigenvalue weighted by molar-refractivity contribution is 5.93. The van der Waals surface area contributed by atoms with Crippen molar-refractivity contribution in [1.29, 1.82) is 0 Å². The number of ether oxygens (including phenoxy) is 1. The Bertz CT molecular complexity index is 908. The molecule has 0 unspecified atom stereocenters. The lowest BCUT2D eigenvalue weighted by molar-refractivity contribution is 0.237. The van der Waals surface area contributed by atoms with Crippen LogP contribution in [-0.4, -0.2) is 16.6 Å². The molecule has 3 rings (SSSR count). The third-order valence-electron chi connectivity index (χ3n) is 4.44. The molecule has 4 heteroatoms. The molecular weight excluding hydrogens is 327 g/mol. The van der Waals surface area contributed by atoms with Crippen LogP contribution in [0.2, 0.25) is 0 Å². The van der Waals surface area contributed by atoms with Gasteiger partial charge in [-0.15, -0.1) is 0 Å². The Morgan fingerprint density at radius 1 is 1.08 bits per heavy atom. The summed E-state index contributed by atoms with van der Waals surface area (Å²) in [5, 5.41) is 0.889. The van der Waals surface area contributed by atoms with E-state index in [9.17, 15) is 4.39 Å². The van der Waals surface area contributed by atoms with E-state index >= 15 is 0 Å². The fourth-order valence-corrected chi connectivity index (χ4v) is 3.29. The molecule has 26 heavy (non-hydrogen) atoms. The first-order valence-corrected chi connectivity index (χ1v) is 9.08. The maximum atomic E-state index is 13.4. The Morgan fingerprint density at radius 3 is 2.62 bits per heavy atom. The number of aryl methyl sites for hydroxylation is 1. The first-order chi connectivity index (χ1) is 12.4. The number of aromatic nitrogens is 2. The van der Waals surface area contributed by atoms with Gasteiger partial charge in [-0.3, -0.25) is 9.97 Å². The lowest BCUT2D eigenvalue weighted by Gasteiger charge is -2.16. The van der Waals surface area contributed by atoms with Crippen molar-refractivity contribution in [3.63, 3.8) is 0 Å². The summed E-state index contributed by atoms with van der Waals surface area (Å²) < 4.78 is 19.4. The van der Waals surface area contributed by atoms with Crippen LogP contribution in [0.4, 0.5) is 4.39 Å². The van der Waals surface area contributed by atoms with Gasteiger partial charge in [0.05, 0.1) is 24.0 Å². The molecule has 0 spiro atoms. The summed E-state index contributed by atoms with van der Waals surface area (Å²) in [6.45, 7) is 9.37. The van der Waals surface area contributed by atoms with Crippen LogP contribution in [0.25, 0.3) is 22.2 Å². The molecule has 3 aromatic rings. The van der Waals surface area contributed by atoms with Crippen LogP contribution in [-0.2, 0) is 0 Å². The SMILES string of the molecule is Cc1cc(-c2ccnc3cc(F)ccc23)ncc1OC[C@@H](C)CC(C)C. The molecule has 0 aliphatic rings. The minimum Gasteiger partial charge on any atom is -0.491 e. The van der Waals surface area contributed by atoms with E-state index in [1.807, 2.05) is 19.1 Å². The third kappa shape index (κ3) is 4.18. The van der Waals surface area contributed by atoms with E-state index in [0.717, 1.165) is 34.4 Å². The van der Waals surface area contributed by atoms with Crippen LogP contribution in [0.3, 0.4) is 0 Å². The molecule has 136 valence electrons. The third-order valence-corrected chi connectivity index (χ3v) is 4.44. The number of pyridine rings is 2. The predicted octanol–water partition coefficient (Wildman–Crippen LogP) is 5.81. The molecule has 0 aliphatic heterocycles. The topological polar surface area (TPSA) is 35.0 Å². The number of rotatable bonds is 6. The van der Waals surface area contributed by atoms with Gasteiger partial charge in [-0.05, 0) is 55.0 Å². The number of hydrogen-bond acceptors (Lipinski definition) is 3. The van der Waals surface area contributed by atoms with Crippen LogP contribution in [0.1, 0.15) is 32.8 Å². The average Bonchev–Trinajstić information content (AvgIpc) is 2.59. The summed E-state index contributed by atoms with van der Waals surface area (Å²) in [5.41, 5.74) is 3.45. The van der Waals surface area contributed by atoms with Gasteiger partial charge in [-0.25, -0.2) is 4.39 Å². The lowest BCUT2D eigenvalue weighted by atomic mass is 10.00. The molecule has 0 N–H and O–H groups in total. The van der Waals surface area contributed by atoms with Crippen molar-refractivity contribution >= 4 is 10.9 Å². The number of benzene rings is 1. The molecular formula is C22H25FN2O. The summed E-state index contributed by atoms with van der Waals surface area (Å²) in [5.74, 6) is 1.70. The average molecular weight is 352 g/mol. The van der Waals surface area contributed by atoms with Gasteiger partial charge in [-0.1, -0.05) is 20.8 Å². The number of halogens is 1. The van der Waals surface area contributed by atoms with Crippen LogP contribution in [0.5, 0.6) is 5.75 Å². The zero-order valence-corrected chi connectivity index (χ0v) is 15.8. The van der Waals surface area contributed by atoms with Gasteiger partial charge in [0.2, 0.25) is 0 Å². The molecule has 1 aromatic carbocycles. The van der Waals surface area contributed by atoms with Crippen molar-refractivity contribution in [3.8, 4) is 17.0 Å². The molecule has 1 atom stereocenters. The Labute approximate surface area is 154 Å². The fraction of sp³-hybridized carbons (Fsp3) is 0.364. The molecule has 0 radical (unpaired) electrons. The van der Waals surface area contributed by atoms with Crippen LogP contribution >= 0.6 is 0 Å². The quantitative estimate of drug-likeness (QED) is 0.562. The Morgan fingerprint density at radius 2 is 1.88 bits per heavy atom. The van der Waals surface area contributed by atoms with E-state index in [1.165, 1.54) is 12.1 Å². The summed E-state index contributed by atoms with van der Waals surface area (Å²) in [6, 6.07) is 8.57. The van der Waals surface area contributed by atoms with Crippen molar-refractivity contribution in [2.45, 2.75) is 34.1 Å². The first kappa shape index (κ1) is 18.3.